The number of hydrogen-bond acceptors (Lipinski definition) is 5. The van der Waals surface area contributed by atoms with Gasteiger partial charge in [0.1, 0.15) is 17.3 Å². The van der Waals surface area contributed by atoms with Crippen molar-refractivity contribution in [1.29, 1.82) is 0 Å². The van der Waals surface area contributed by atoms with Crippen molar-refractivity contribution < 1.29 is 19.4 Å². The zero-order valence-electron chi connectivity index (χ0n) is 14.4. The molecule has 0 fully saturated rings. The van der Waals surface area contributed by atoms with Gasteiger partial charge in [0.15, 0.2) is 0 Å². The third-order valence-electron chi connectivity index (χ3n) is 4.04. The molecule has 134 valence electrons. The third-order valence-corrected chi connectivity index (χ3v) is 4.04. The number of aryl methyl sites for hydroxylation is 1. The maximum Gasteiger partial charge on any atom is 0.303 e. The smallest absolute Gasteiger partial charge is 0.303 e. The lowest BCUT2D eigenvalue weighted by atomic mass is 10.2. The van der Waals surface area contributed by atoms with E-state index in [-0.39, 0.29) is 18.4 Å². The lowest BCUT2D eigenvalue weighted by Gasteiger charge is -2.16. The molecule has 0 aliphatic rings. The second-order valence-electron chi connectivity index (χ2n) is 5.62. The molecule has 0 spiro atoms. The summed E-state index contributed by atoms with van der Waals surface area (Å²) in [6.07, 6.45) is -0.0200. The van der Waals surface area contributed by atoms with Crippen LogP contribution in [0.1, 0.15) is 12.2 Å². The van der Waals surface area contributed by atoms with Crippen molar-refractivity contribution in [2.24, 2.45) is 0 Å². The minimum absolute atomic E-state index is 0.116. The van der Waals surface area contributed by atoms with E-state index in [1.807, 2.05) is 0 Å². The highest BCUT2D eigenvalue weighted by Crippen LogP contribution is 2.28. The maximum absolute atomic E-state index is 13.1. The average molecular weight is 354 g/mol. The maximum atomic E-state index is 13.1. The Bertz CT molecular complexity index is 1030. The first-order valence-corrected chi connectivity index (χ1v) is 8.00. The van der Waals surface area contributed by atoms with Crippen molar-refractivity contribution in [3.63, 3.8) is 0 Å². The Morgan fingerprint density at radius 2 is 1.92 bits per heavy atom. The predicted octanol–water partition coefficient (Wildman–Crippen LogP) is 2.42. The van der Waals surface area contributed by atoms with Crippen molar-refractivity contribution in [2.75, 3.05) is 14.2 Å². The summed E-state index contributed by atoms with van der Waals surface area (Å²) in [7, 11) is 3.03. The molecule has 0 aliphatic heterocycles. The Labute approximate surface area is 149 Å². The Morgan fingerprint density at radius 1 is 1.15 bits per heavy atom. The highest BCUT2D eigenvalue weighted by Gasteiger charge is 2.17. The molecule has 7 heteroatoms. The predicted molar refractivity (Wildman–Crippen MR) is 96.4 cm³/mol. The molecule has 0 amide bonds. The number of nitrogens with zero attached hydrogens (tertiary/aromatic N) is 2. The second-order valence-corrected chi connectivity index (χ2v) is 5.62. The van der Waals surface area contributed by atoms with Crippen LogP contribution < -0.4 is 15.0 Å². The normalized spacial score (nSPS) is 10.7. The number of aromatic nitrogens is 2. The Hall–Kier alpha value is -3.35. The number of ether oxygens (including phenoxy) is 2. The van der Waals surface area contributed by atoms with E-state index >= 15 is 0 Å². The Balaban J connectivity index is 2.29. The van der Waals surface area contributed by atoms with E-state index in [2.05, 4.69) is 4.98 Å². The van der Waals surface area contributed by atoms with Gasteiger partial charge in [-0.05, 0) is 24.3 Å². The number of carboxylic acids is 1. The quantitative estimate of drug-likeness (QED) is 0.731. The molecule has 3 rings (SSSR count). The second kappa shape index (κ2) is 7.26. The van der Waals surface area contributed by atoms with Gasteiger partial charge in [-0.25, -0.2) is 4.98 Å². The number of hydrogen-bond donors (Lipinski definition) is 1. The number of carboxylic acid groups (broad SMARTS) is 1. The molecular formula is C19H18N2O5. The first kappa shape index (κ1) is 17.5. The number of rotatable bonds is 6. The summed E-state index contributed by atoms with van der Waals surface area (Å²) < 4.78 is 12.0. The zero-order chi connectivity index (χ0) is 18.7. The van der Waals surface area contributed by atoms with Crippen molar-refractivity contribution in [3.8, 4) is 17.2 Å². The van der Waals surface area contributed by atoms with Gasteiger partial charge < -0.3 is 14.6 Å². The van der Waals surface area contributed by atoms with Crippen molar-refractivity contribution >= 4 is 16.9 Å². The molecular weight excluding hydrogens is 336 g/mol. The fourth-order valence-corrected chi connectivity index (χ4v) is 2.78. The van der Waals surface area contributed by atoms with Crippen LogP contribution in [0.25, 0.3) is 16.6 Å². The van der Waals surface area contributed by atoms with Crippen molar-refractivity contribution in [3.05, 3.63) is 58.6 Å². The van der Waals surface area contributed by atoms with Gasteiger partial charge in [0, 0.05) is 12.5 Å². The van der Waals surface area contributed by atoms with E-state index in [0.29, 0.717) is 33.9 Å². The topological polar surface area (TPSA) is 90.6 Å². The zero-order valence-corrected chi connectivity index (χ0v) is 14.4. The van der Waals surface area contributed by atoms with Crippen LogP contribution in [-0.2, 0) is 11.2 Å². The van der Waals surface area contributed by atoms with Crippen LogP contribution in [-0.4, -0.2) is 34.8 Å². The van der Waals surface area contributed by atoms with Crippen molar-refractivity contribution in [2.45, 2.75) is 12.8 Å². The molecule has 0 aliphatic carbocycles. The minimum Gasteiger partial charge on any atom is -0.497 e. The number of carbonyl (C=O) groups is 1. The number of aliphatic carboxylic acids is 1. The Kier molecular flexibility index (Phi) is 4.88. The monoisotopic (exact) mass is 354 g/mol. The summed E-state index contributed by atoms with van der Waals surface area (Å²) in [5.41, 5.74) is 0.734. The van der Waals surface area contributed by atoms with Gasteiger partial charge in [0.25, 0.3) is 5.56 Å². The van der Waals surface area contributed by atoms with Gasteiger partial charge in [0.2, 0.25) is 0 Å². The number of benzene rings is 2. The standard InChI is InChI=1S/C19H18N2O5/c1-25-12-7-8-15(16(11-12)26-2)21-17(9-10-18(22)23)20-14-6-4-3-5-13(14)19(21)24/h3-8,11H,9-10H2,1-2H3,(H,22,23). The lowest BCUT2D eigenvalue weighted by Crippen LogP contribution is -2.25. The number of para-hydroxylation sites is 1. The van der Waals surface area contributed by atoms with Crippen LogP contribution in [0, 0.1) is 0 Å². The first-order chi connectivity index (χ1) is 12.5. The number of fused-ring (bicyclic) bond motifs is 1. The van der Waals surface area contributed by atoms with Crippen LogP contribution in [0.15, 0.2) is 47.3 Å². The van der Waals surface area contributed by atoms with Gasteiger partial charge in [-0.2, -0.15) is 0 Å². The van der Waals surface area contributed by atoms with Gasteiger partial charge >= 0.3 is 5.97 Å². The summed E-state index contributed by atoms with van der Waals surface area (Å²) in [5.74, 6) is 0.416. The summed E-state index contributed by atoms with van der Waals surface area (Å²) in [6, 6.07) is 12.0. The molecule has 0 saturated heterocycles. The summed E-state index contributed by atoms with van der Waals surface area (Å²) in [6.45, 7) is 0. The Morgan fingerprint density at radius 3 is 2.62 bits per heavy atom. The molecule has 0 atom stereocenters. The van der Waals surface area contributed by atoms with Gasteiger partial charge in [-0.1, -0.05) is 12.1 Å². The molecule has 0 radical (unpaired) electrons. The summed E-state index contributed by atoms with van der Waals surface area (Å²) >= 11 is 0. The molecule has 0 saturated carbocycles. The molecule has 1 N–H and O–H groups in total. The first-order valence-electron chi connectivity index (χ1n) is 8.00. The summed E-state index contributed by atoms with van der Waals surface area (Å²) in [4.78, 5) is 28.6. The largest absolute Gasteiger partial charge is 0.497 e. The van der Waals surface area contributed by atoms with E-state index in [1.54, 1.807) is 42.5 Å². The van der Waals surface area contributed by atoms with E-state index in [9.17, 15) is 9.59 Å². The molecule has 7 nitrogen and oxygen atoms in total. The van der Waals surface area contributed by atoms with E-state index in [1.165, 1.54) is 18.8 Å². The highest BCUT2D eigenvalue weighted by molar-refractivity contribution is 5.78. The lowest BCUT2D eigenvalue weighted by molar-refractivity contribution is -0.137. The summed E-state index contributed by atoms with van der Waals surface area (Å²) in [5, 5.41) is 9.48. The van der Waals surface area contributed by atoms with Crippen LogP contribution in [0.4, 0.5) is 0 Å². The van der Waals surface area contributed by atoms with Crippen LogP contribution in [0.3, 0.4) is 0 Å². The van der Waals surface area contributed by atoms with Gasteiger partial charge in [-0.15, -0.1) is 0 Å². The number of methoxy groups -OCH3 is 2. The van der Waals surface area contributed by atoms with Gasteiger partial charge in [0.05, 0.1) is 37.2 Å². The van der Waals surface area contributed by atoms with Crippen LogP contribution >= 0.6 is 0 Å². The van der Waals surface area contributed by atoms with Crippen LogP contribution in [0.2, 0.25) is 0 Å². The fraction of sp³-hybridized carbons (Fsp3) is 0.211. The van der Waals surface area contributed by atoms with Crippen LogP contribution in [0.5, 0.6) is 11.5 Å². The highest BCUT2D eigenvalue weighted by atomic mass is 16.5. The molecule has 1 aromatic heterocycles. The van der Waals surface area contributed by atoms with E-state index < -0.39 is 5.97 Å². The molecule has 3 aromatic rings. The minimum atomic E-state index is -0.958. The molecule has 1 heterocycles. The third kappa shape index (κ3) is 3.23. The average Bonchev–Trinajstić information content (AvgIpc) is 2.66. The molecule has 0 unspecified atom stereocenters. The SMILES string of the molecule is COc1ccc(-n2c(CCC(=O)O)nc3ccccc3c2=O)c(OC)c1. The molecule has 2 aromatic carbocycles. The van der Waals surface area contributed by atoms with E-state index in [0.717, 1.165) is 0 Å². The van der Waals surface area contributed by atoms with E-state index in [4.69, 9.17) is 14.6 Å². The van der Waals surface area contributed by atoms with Gasteiger partial charge in [-0.3, -0.25) is 14.2 Å². The molecule has 26 heavy (non-hydrogen) atoms. The van der Waals surface area contributed by atoms with Crippen molar-refractivity contribution in [1.82, 2.24) is 9.55 Å². The molecule has 0 bridgehead atoms. The fourth-order valence-electron chi connectivity index (χ4n) is 2.78.